The van der Waals surface area contributed by atoms with Crippen LogP contribution in [0, 0.1) is 13.8 Å². The molecule has 2 aromatic heterocycles. The first kappa shape index (κ1) is 11.7. The zero-order valence-corrected chi connectivity index (χ0v) is 11.0. The van der Waals surface area contributed by atoms with Gasteiger partial charge in [-0.3, -0.25) is 4.68 Å². The van der Waals surface area contributed by atoms with Crippen molar-refractivity contribution in [3.05, 3.63) is 17.7 Å². The van der Waals surface area contributed by atoms with Crippen LogP contribution in [0.5, 0.6) is 0 Å². The second-order valence-electron chi connectivity index (χ2n) is 4.66. The lowest BCUT2D eigenvalue weighted by Crippen LogP contribution is -2.07. The molecule has 2 rings (SSSR count). The fourth-order valence-corrected chi connectivity index (χ4v) is 2.24. The van der Waals surface area contributed by atoms with Crippen molar-refractivity contribution in [3.63, 3.8) is 0 Å². The van der Waals surface area contributed by atoms with Gasteiger partial charge < -0.3 is 10.3 Å². The van der Waals surface area contributed by atoms with E-state index in [0.29, 0.717) is 11.9 Å². The molecule has 2 heterocycles. The van der Waals surface area contributed by atoms with Crippen LogP contribution in [0.1, 0.15) is 31.4 Å². The van der Waals surface area contributed by atoms with E-state index in [1.54, 1.807) is 4.68 Å². The van der Waals surface area contributed by atoms with Crippen molar-refractivity contribution in [1.82, 2.24) is 19.3 Å². The molecule has 0 aliphatic carbocycles. The van der Waals surface area contributed by atoms with Crippen LogP contribution in [0.4, 0.5) is 5.82 Å². The molecule has 0 saturated heterocycles. The van der Waals surface area contributed by atoms with E-state index in [9.17, 15) is 0 Å². The summed E-state index contributed by atoms with van der Waals surface area (Å²) in [5, 5.41) is 4.32. The second kappa shape index (κ2) is 3.91. The molecule has 5 heteroatoms. The summed E-state index contributed by atoms with van der Waals surface area (Å²) in [7, 11) is 1.90. The van der Waals surface area contributed by atoms with E-state index >= 15 is 0 Å². The van der Waals surface area contributed by atoms with Crippen LogP contribution in [-0.2, 0) is 7.05 Å². The number of imidazole rings is 1. The van der Waals surface area contributed by atoms with Crippen molar-refractivity contribution in [2.45, 2.75) is 33.7 Å². The zero-order valence-electron chi connectivity index (χ0n) is 11.0. The lowest BCUT2D eigenvalue weighted by molar-refractivity contribution is 0.590. The quantitative estimate of drug-likeness (QED) is 0.863. The minimum atomic E-state index is 0.313. The molecule has 2 N–H and O–H groups in total. The number of nitrogen functional groups attached to an aromatic ring is 1. The van der Waals surface area contributed by atoms with E-state index in [1.807, 2.05) is 31.7 Å². The molecule has 0 unspecified atom stereocenters. The Labute approximate surface area is 101 Å². The smallest absolute Gasteiger partial charge is 0.132 e. The lowest BCUT2D eigenvalue weighted by Gasteiger charge is -2.11. The number of nitrogens with zero attached hydrogens (tertiary/aromatic N) is 4. The summed E-state index contributed by atoms with van der Waals surface area (Å²) in [4.78, 5) is 4.56. The predicted octanol–water partition coefficient (Wildman–Crippen LogP) is 2.06. The minimum Gasteiger partial charge on any atom is -0.383 e. The van der Waals surface area contributed by atoms with E-state index in [0.717, 1.165) is 22.8 Å². The zero-order chi connectivity index (χ0) is 12.7. The van der Waals surface area contributed by atoms with E-state index in [2.05, 4.69) is 23.9 Å². The van der Waals surface area contributed by atoms with Gasteiger partial charge in [-0.15, -0.1) is 0 Å². The molecule has 0 aliphatic rings. The first-order chi connectivity index (χ1) is 7.91. The molecular weight excluding hydrogens is 214 g/mol. The van der Waals surface area contributed by atoms with Gasteiger partial charge in [0, 0.05) is 24.8 Å². The molecule has 0 amide bonds. The standard InChI is InChI=1S/C12H19N5/c1-7(2)17-9(4)14-11(12(17)13)10-6-16(5)15-8(10)3/h6-7H,13H2,1-5H3. The molecule has 0 spiro atoms. The van der Waals surface area contributed by atoms with Crippen LogP contribution in [0.2, 0.25) is 0 Å². The van der Waals surface area contributed by atoms with Gasteiger partial charge in [0.25, 0.3) is 0 Å². The van der Waals surface area contributed by atoms with Gasteiger partial charge in [0.05, 0.1) is 5.69 Å². The monoisotopic (exact) mass is 233 g/mol. The normalized spacial score (nSPS) is 11.4. The summed E-state index contributed by atoms with van der Waals surface area (Å²) in [6.45, 7) is 8.15. The number of anilines is 1. The SMILES string of the molecule is Cc1nn(C)cc1-c1nc(C)n(C(C)C)c1N. The molecule has 0 fully saturated rings. The highest BCUT2D eigenvalue weighted by molar-refractivity contribution is 5.72. The van der Waals surface area contributed by atoms with Gasteiger partial charge in [0.1, 0.15) is 17.3 Å². The maximum Gasteiger partial charge on any atom is 0.132 e. The first-order valence-corrected chi connectivity index (χ1v) is 5.76. The Morgan fingerprint density at radius 2 is 1.94 bits per heavy atom. The topological polar surface area (TPSA) is 61.7 Å². The Bertz CT molecular complexity index is 547. The number of nitrogens with two attached hydrogens (primary N) is 1. The Hall–Kier alpha value is -1.78. The molecular formula is C12H19N5. The van der Waals surface area contributed by atoms with Crippen molar-refractivity contribution in [2.24, 2.45) is 7.05 Å². The summed E-state index contributed by atoms with van der Waals surface area (Å²) in [6.07, 6.45) is 1.96. The first-order valence-electron chi connectivity index (χ1n) is 5.76. The van der Waals surface area contributed by atoms with Gasteiger partial charge in [0.15, 0.2) is 0 Å². The van der Waals surface area contributed by atoms with Gasteiger partial charge >= 0.3 is 0 Å². The maximum atomic E-state index is 6.18. The summed E-state index contributed by atoms with van der Waals surface area (Å²) < 4.78 is 3.83. The van der Waals surface area contributed by atoms with Crippen LogP contribution in [0.25, 0.3) is 11.3 Å². The van der Waals surface area contributed by atoms with Crippen LogP contribution >= 0.6 is 0 Å². The van der Waals surface area contributed by atoms with Crippen LogP contribution in [-0.4, -0.2) is 19.3 Å². The third-order valence-electron chi connectivity index (χ3n) is 2.91. The van der Waals surface area contributed by atoms with Crippen LogP contribution in [0.3, 0.4) is 0 Å². The average molecular weight is 233 g/mol. The number of hydrogen-bond acceptors (Lipinski definition) is 3. The van der Waals surface area contributed by atoms with E-state index in [4.69, 9.17) is 5.73 Å². The molecule has 0 saturated carbocycles. The fourth-order valence-electron chi connectivity index (χ4n) is 2.24. The Kier molecular flexibility index (Phi) is 2.69. The Morgan fingerprint density at radius 3 is 2.35 bits per heavy atom. The molecule has 17 heavy (non-hydrogen) atoms. The molecule has 2 aromatic rings. The number of aromatic nitrogens is 4. The van der Waals surface area contributed by atoms with Crippen molar-refractivity contribution < 1.29 is 0 Å². The second-order valence-corrected chi connectivity index (χ2v) is 4.66. The molecule has 0 aromatic carbocycles. The van der Waals surface area contributed by atoms with E-state index in [1.165, 1.54) is 0 Å². The Balaban J connectivity index is 2.61. The average Bonchev–Trinajstić information content (AvgIpc) is 2.67. The summed E-state index contributed by atoms with van der Waals surface area (Å²) >= 11 is 0. The minimum absolute atomic E-state index is 0.313. The molecule has 5 nitrogen and oxygen atoms in total. The van der Waals surface area contributed by atoms with Gasteiger partial charge in [-0.05, 0) is 27.7 Å². The number of aryl methyl sites for hydroxylation is 3. The highest BCUT2D eigenvalue weighted by Gasteiger charge is 2.18. The highest BCUT2D eigenvalue weighted by atomic mass is 15.3. The summed E-state index contributed by atoms with van der Waals surface area (Å²) in [5.74, 6) is 1.66. The predicted molar refractivity (Wildman–Crippen MR) is 68.7 cm³/mol. The highest BCUT2D eigenvalue weighted by Crippen LogP contribution is 2.30. The molecule has 92 valence electrons. The fraction of sp³-hybridized carbons (Fsp3) is 0.500. The van der Waals surface area contributed by atoms with Crippen LogP contribution in [0.15, 0.2) is 6.20 Å². The van der Waals surface area contributed by atoms with Gasteiger partial charge in [-0.25, -0.2) is 4.98 Å². The molecule has 0 bridgehead atoms. The van der Waals surface area contributed by atoms with Crippen molar-refractivity contribution in [1.29, 1.82) is 0 Å². The number of hydrogen-bond donors (Lipinski definition) is 1. The molecule has 0 atom stereocenters. The maximum absolute atomic E-state index is 6.18. The summed E-state index contributed by atoms with van der Waals surface area (Å²) in [6, 6.07) is 0.313. The summed E-state index contributed by atoms with van der Waals surface area (Å²) in [5.41, 5.74) is 8.97. The molecule has 0 radical (unpaired) electrons. The van der Waals surface area contributed by atoms with Crippen molar-refractivity contribution in [3.8, 4) is 11.3 Å². The molecule has 0 aliphatic heterocycles. The van der Waals surface area contributed by atoms with Gasteiger partial charge in [0.2, 0.25) is 0 Å². The largest absolute Gasteiger partial charge is 0.383 e. The van der Waals surface area contributed by atoms with Crippen molar-refractivity contribution >= 4 is 5.82 Å². The van der Waals surface area contributed by atoms with Crippen molar-refractivity contribution in [2.75, 3.05) is 5.73 Å². The Morgan fingerprint density at radius 1 is 1.29 bits per heavy atom. The number of rotatable bonds is 2. The van der Waals surface area contributed by atoms with E-state index < -0.39 is 0 Å². The third kappa shape index (κ3) is 1.81. The van der Waals surface area contributed by atoms with E-state index in [-0.39, 0.29) is 0 Å². The third-order valence-corrected chi connectivity index (χ3v) is 2.91. The van der Waals surface area contributed by atoms with Gasteiger partial charge in [-0.2, -0.15) is 5.10 Å². The van der Waals surface area contributed by atoms with Gasteiger partial charge in [-0.1, -0.05) is 0 Å². The van der Waals surface area contributed by atoms with Crippen LogP contribution < -0.4 is 5.73 Å². The lowest BCUT2D eigenvalue weighted by atomic mass is 10.2.